The molecular formula is C14H22N2O. The highest BCUT2D eigenvalue weighted by molar-refractivity contribution is 5.24. The van der Waals surface area contributed by atoms with Gasteiger partial charge in [-0.15, -0.1) is 0 Å². The standard InChI is InChI=1S/C14H22N2O/c1-11-5-3-6-12(11)9-15-10-13-7-4-8-16-14(13)17-2/h4,7-8,11-12,15H,3,5-6,9-10H2,1-2H3. The fraction of sp³-hybridized carbons (Fsp3) is 0.643. The van der Waals surface area contributed by atoms with E-state index in [1.165, 1.54) is 19.3 Å². The van der Waals surface area contributed by atoms with E-state index >= 15 is 0 Å². The smallest absolute Gasteiger partial charge is 0.217 e. The molecule has 2 rings (SSSR count). The molecule has 1 aliphatic carbocycles. The molecule has 0 spiro atoms. The van der Waals surface area contributed by atoms with E-state index in [1.54, 1.807) is 13.3 Å². The average Bonchev–Trinajstić information content (AvgIpc) is 2.76. The third-order valence-electron chi connectivity index (χ3n) is 3.80. The number of rotatable bonds is 5. The number of hydrogen-bond acceptors (Lipinski definition) is 3. The average molecular weight is 234 g/mol. The Morgan fingerprint density at radius 1 is 1.47 bits per heavy atom. The van der Waals surface area contributed by atoms with Gasteiger partial charge in [0.25, 0.3) is 0 Å². The molecule has 1 aliphatic rings. The Morgan fingerprint density at radius 3 is 3.06 bits per heavy atom. The molecule has 0 saturated heterocycles. The predicted octanol–water partition coefficient (Wildman–Crippen LogP) is 2.62. The van der Waals surface area contributed by atoms with E-state index in [0.29, 0.717) is 0 Å². The van der Waals surface area contributed by atoms with Crippen LogP contribution in [-0.4, -0.2) is 18.6 Å². The normalized spacial score (nSPS) is 23.9. The lowest BCUT2D eigenvalue weighted by Crippen LogP contribution is -2.24. The summed E-state index contributed by atoms with van der Waals surface area (Å²) in [6.07, 6.45) is 5.92. The summed E-state index contributed by atoms with van der Waals surface area (Å²) >= 11 is 0. The Hall–Kier alpha value is -1.09. The molecule has 0 aliphatic heterocycles. The minimum atomic E-state index is 0.736. The Labute approximate surface area is 104 Å². The quantitative estimate of drug-likeness (QED) is 0.850. The van der Waals surface area contributed by atoms with Crippen molar-refractivity contribution < 1.29 is 4.74 Å². The molecule has 0 radical (unpaired) electrons. The van der Waals surface area contributed by atoms with E-state index < -0.39 is 0 Å². The number of ether oxygens (including phenoxy) is 1. The molecule has 94 valence electrons. The Morgan fingerprint density at radius 2 is 2.35 bits per heavy atom. The van der Waals surface area contributed by atoms with Gasteiger partial charge < -0.3 is 10.1 Å². The van der Waals surface area contributed by atoms with Gasteiger partial charge in [0.2, 0.25) is 5.88 Å². The van der Waals surface area contributed by atoms with E-state index in [2.05, 4.69) is 23.3 Å². The van der Waals surface area contributed by atoms with Crippen molar-refractivity contribution in [1.29, 1.82) is 0 Å². The number of nitrogens with zero attached hydrogens (tertiary/aromatic N) is 1. The third kappa shape index (κ3) is 3.19. The topological polar surface area (TPSA) is 34.1 Å². The first-order valence-electron chi connectivity index (χ1n) is 6.50. The molecular weight excluding hydrogens is 212 g/mol. The molecule has 17 heavy (non-hydrogen) atoms. The van der Waals surface area contributed by atoms with Gasteiger partial charge in [0.15, 0.2) is 0 Å². The Bertz CT molecular complexity index is 354. The van der Waals surface area contributed by atoms with Gasteiger partial charge in [0.1, 0.15) is 0 Å². The van der Waals surface area contributed by atoms with Crippen LogP contribution in [0.2, 0.25) is 0 Å². The molecule has 2 atom stereocenters. The second-order valence-electron chi connectivity index (χ2n) is 4.97. The molecule has 1 saturated carbocycles. The van der Waals surface area contributed by atoms with Crippen LogP contribution in [-0.2, 0) is 6.54 Å². The van der Waals surface area contributed by atoms with Gasteiger partial charge >= 0.3 is 0 Å². The predicted molar refractivity (Wildman–Crippen MR) is 69.0 cm³/mol. The number of methoxy groups -OCH3 is 1. The van der Waals surface area contributed by atoms with E-state index in [9.17, 15) is 0 Å². The lowest BCUT2D eigenvalue weighted by Gasteiger charge is -2.16. The summed E-state index contributed by atoms with van der Waals surface area (Å²) in [5.41, 5.74) is 1.14. The van der Waals surface area contributed by atoms with E-state index in [-0.39, 0.29) is 0 Å². The largest absolute Gasteiger partial charge is 0.481 e. The van der Waals surface area contributed by atoms with Crippen molar-refractivity contribution >= 4 is 0 Å². The minimum Gasteiger partial charge on any atom is -0.481 e. The van der Waals surface area contributed by atoms with Crippen LogP contribution in [0.4, 0.5) is 0 Å². The highest BCUT2D eigenvalue weighted by atomic mass is 16.5. The summed E-state index contributed by atoms with van der Waals surface area (Å²) in [4.78, 5) is 4.20. The molecule has 1 N–H and O–H groups in total. The minimum absolute atomic E-state index is 0.736. The van der Waals surface area contributed by atoms with Crippen molar-refractivity contribution in [2.45, 2.75) is 32.7 Å². The highest BCUT2D eigenvalue weighted by Crippen LogP contribution is 2.30. The summed E-state index contributed by atoms with van der Waals surface area (Å²) in [7, 11) is 1.67. The molecule has 3 heteroatoms. The maximum Gasteiger partial charge on any atom is 0.217 e. The van der Waals surface area contributed by atoms with Crippen LogP contribution in [0.25, 0.3) is 0 Å². The van der Waals surface area contributed by atoms with Crippen molar-refractivity contribution in [3.05, 3.63) is 23.9 Å². The van der Waals surface area contributed by atoms with Gasteiger partial charge in [-0.25, -0.2) is 4.98 Å². The molecule has 0 aromatic carbocycles. The molecule has 3 nitrogen and oxygen atoms in total. The molecule has 1 aromatic heterocycles. The summed E-state index contributed by atoms with van der Waals surface area (Å²) in [6, 6.07) is 4.02. The zero-order valence-electron chi connectivity index (χ0n) is 10.8. The van der Waals surface area contributed by atoms with Gasteiger partial charge in [-0.2, -0.15) is 0 Å². The third-order valence-corrected chi connectivity index (χ3v) is 3.80. The summed E-state index contributed by atoms with van der Waals surface area (Å²) in [5.74, 6) is 2.45. The van der Waals surface area contributed by atoms with Crippen molar-refractivity contribution in [2.24, 2.45) is 11.8 Å². The first-order valence-corrected chi connectivity index (χ1v) is 6.50. The van der Waals surface area contributed by atoms with E-state index in [0.717, 1.165) is 36.4 Å². The van der Waals surface area contributed by atoms with Crippen LogP contribution in [0, 0.1) is 11.8 Å². The van der Waals surface area contributed by atoms with Crippen molar-refractivity contribution in [3.63, 3.8) is 0 Å². The second kappa shape index (κ2) is 6.01. The first-order chi connectivity index (χ1) is 8.31. The summed E-state index contributed by atoms with van der Waals surface area (Å²) < 4.78 is 5.24. The maximum atomic E-state index is 5.24. The fourth-order valence-corrected chi connectivity index (χ4v) is 2.66. The van der Waals surface area contributed by atoms with Crippen LogP contribution in [0.3, 0.4) is 0 Å². The number of pyridine rings is 1. The summed E-state index contributed by atoms with van der Waals surface area (Å²) in [6.45, 7) is 4.32. The zero-order valence-corrected chi connectivity index (χ0v) is 10.8. The molecule has 1 aromatic rings. The fourth-order valence-electron chi connectivity index (χ4n) is 2.66. The Balaban J connectivity index is 1.81. The SMILES string of the molecule is COc1ncccc1CNCC1CCCC1C. The van der Waals surface area contributed by atoms with Crippen LogP contribution in [0.5, 0.6) is 5.88 Å². The highest BCUT2D eigenvalue weighted by Gasteiger charge is 2.22. The van der Waals surface area contributed by atoms with Gasteiger partial charge in [0, 0.05) is 18.3 Å². The molecule has 0 amide bonds. The Kier molecular flexibility index (Phi) is 4.37. The second-order valence-corrected chi connectivity index (χ2v) is 4.97. The van der Waals surface area contributed by atoms with Crippen molar-refractivity contribution in [3.8, 4) is 5.88 Å². The molecule has 0 bridgehead atoms. The van der Waals surface area contributed by atoms with Crippen LogP contribution >= 0.6 is 0 Å². The number of aromatic nitrogens is 1. The van der Waals surface area contributed by atoms with Crippen LogP contribution in [0.15, 0.2) is 18.3 Å². The number of hydrogen-bond donors (Lipinski definition) is 1. The van der Waals surface area contributed by atoms with Crippen LogP contribution in [0.1, 0.15) is 31.7 Å². The van der Waals surface area contributed by atoms with Gasteiger partial charge in [-0.1, -0.05) is 25.8 Å². The van der Waals surface area contributed by atoms with Gasteiger partial charge in [-0.05, 0) is 30.9 Å². The van der Waals surface area contributed by atoms with Crippen LogP contribution < -0.4 is 10.1 Å². The molecule has 1 fully saturated rings. The lowest BCUT2D eigenvalue weighted by molar-refractivity contribution is 0.377. The zero-order chi connectivity index (χ0) is 12.1. The monoisotopic (exact) mass is 234 g/mol. The van der Waals surface area contributed by atoms with E-state index in [1.807, 2.05) is 6.07 Å². The maximum absolute atomic E-state index is 5.24. The van der Waals surface area contributed by atoms with Gasteiger partial charge in [0.05, 0.1) is 7.11 Å². The molecule has 2 unspecified atom stereocenters. The first kappa shape index (κ1) is 12.4. The van der Waals surface area contributed by atoms with E-state index in [4.69, 9.17) is 4.74 Å². The summed E-state index contributed by atoms with van der Waals surface area (Å²) in [5, 5.41) is 3.53. The van der Waals surface area contributed by atoms with Crippen molar-refractivity contribution in [2.75, 3.05) is 13.7 Å². The lowest BCUT2D eigenvalue weighted by atomic mass is 9.98. The number of nitrogens with one attached hydrogen (secondary N) is 1. The van der Waals surface area contributed by atoms with Crippen molar-refractivity contribution in [1.82, 2.24) is 10.3 Å². The van der Waals surface area contributed by atoms with Gasteiger partial charge in [-0.3, -0.25) is 0 Å². The molecule has 1 heterocycles.